The Kier molecular flexibility index (Phi) is 8.13. The maximum Gasteiger partial charge on any atom is 0.220 e. The number of hydrogen-bond acceptors (Lipinski definition) is 4. The fourth-order valence-corrected chi connectivity index (χ4v) is 1.37. The lowest BCUT2D eigenvalue weighted by molar-refractivity contribution is -0.122. The van der Waals surface area contributed by atoms with Crippen LogP contribution in [0.1, 0.15) is 33.6 Å². The first-order chi connectivity index (χ1) is 8.02. The van der Waals surface area contributed by atoms with Crippen LogP contribution in [0.5, 0.6) is 0 Å². The molecule has 6 nitrogen and oxygen atoms in total. The lowest BCUT2D eigenvalue weighted by Gasteiger charge is -2.20. The predicted molar refractivity (Wildman–Crippen MR) is 65.9 cm³/mol. The van der Waals surface area contributed by atoms with E-state index in [4.69, 9.17) is 15.7 Å². The van der Waals surface area contributed by atoms with Gasteiger partial charge in [-0.15, -0.1) is 0 Å². The van der Waals surface area contributed by atoms with Crippen LogP contribution in [-0.4, -0.2) is 36.2 Å². The number of amidine groups is 1. The van der Waals surface area contributed by atoms with Crippen molar-refractivity contribution in [2.24, 2.45) is 16.8 Å². The van der Waals surface area contributed by atoms with Gasteiger partial charge in [-0.25, -0.2) is 0 Å². The largest absolute Gasteiger partial charge is 0.409 e. The average molecular weight is 245 g/mol. The van der Waals surface area contributed by atoms with Crippen molar-refractivity contribution < 1.29 is 14.7 Å². The van der Waals surface area contributed by atoms with E-state index >= 15 is 0 Å². The van der Waals surface area contributed by atoms with Crippen LogP contribution < -0.4 is 11.1 Å². The van der Waals surface area contributed by atoms with Crippen molar-refractivity contribution in [3.63, 3.8) is 0 Å². The number of hydrogen-bond donors (Lipinski definition) is 3. The van der Waals surface area contributed by atoms with E-state index in [0.717, 1.165) is 0 Å². The Hall–Kier alpha value is -1.30. The molecule has 0 aliphatic rings. The molecule has 1 amide bonds. The highest BCUT2D eigenvalue weighted by molar-refractivity contribution is 5.90. The third-order valence-corrected chi connectivity index (χ3v) is 2.31. The second-order valence-corrected chi connectivity index (χ2v) is 4.11. The second kappa shape index (κ2) is 8.81. The van der Waals surface area contributed by atoms with Gasteiger partial charge in [0.15, 0.2) is 5.84 Å². The van der Waals surface area contributed by atoms with Crippen LogP contribution in [0, 0.1) is 5.92 Å². The fraction of sp³-hybridized carbons (Fsp3) is 0.818. The van der Waals surface area contributed by atoms with Gasteiger partial charge in [0.05, 0.1) is 6.04 Å². The summed E-state index contributed by atoms with van der Waals surface area (Å²) < 4.78 is 5.14. The molecule has 100 valence electrons. The van der Waals surface area contributed by atoms with E-state index in [1.807, 2.05) is 20.8 Å². The molecule has 0 radical (unpaired) electrons. The molecule has 17 heavy (non-hydrogen) atoms. The molecule has 0 aromatic heterocycles. The summed E-state index contributed by atoms with van der Waals surface area (Å²) in [6.07, 6.45) is 1.04. The maximum absolute atomic E-state index is 11.6. The Morgan fingerprint density at radius 1 is 1.53 bits per heavy atom. The summed E-state index contributed by atoms with van der Waals surface area (Å²) in [5.41, 5.74) is 5.50. The summed E-state index contributed by atoms with van der Waals surface area (Å²) in [4.78, 5) is 11.6. The summed E-state index contributed by atoms with van der Waals surface area (Å²) >= 11 is 0. The van der Waals surface area contributed by atoms with Gasteiger partial charge >= 0.3 is 0 Å². The Bertz CT molecular complexity index is 254. The molecule has 0 aliphatic heterocycles. The molecule has 4 N–H and O–H groups in total. The molecular weight excluding hydrogens is 222 g/mol. The molecule has 0 spiro atoms. The van der Waals surface area contributed by atoms with Crippen LogP contribution in [0.15, 0.2) is 5.16 Å². The number of carbonyl (C=O) groups is 1. The normalized spacial score (nSPS) is 13.8. The standard InChI is InChI=1S/C11H23N3O3/c1-4-17-7-5-6-9(15)13-10(8(2)3)11(12)14-16/h8,10,16H,4-7H2,1-3H3,(H2,12,14)(H,13,15). The number of rotatable bonds is 8. The van der Waals surface area contributed by atoms with Crippen LogP contribution in [0.25, 0.3) is 0 Å². The second-order valence-electron chi connectivity index (χ2n) is 4.11. The molecule has 1 unspecified atom stereocenters. The van der Waals surface area contributed by atoms with Crippen LogP contribution in [0.2, 0.25) is 0 Å². The third-order valence-electron chi connectivity index (χ3n) is 2.31. The molecule has 0 fully saturated rings. The van der Waals surface area contributed by atoms with Crippen molar-refractivity contribution >= 4 is 11.7 Å². The van der Waals surface area contributed by atoms with E-state index in [2.05, 4.69) is 10.5 Å². The highest BCUT2D eigenvalue weighted by Crippen LogP contribution is 2.03. The number of amides is 1. The SMILES string of the molecule is CCOCCCC(=O)NC(C(N)=NO)C(C)C. The van der Waals surface area contributed by atoms with Crippen molar-refractivity contribution in [2.45, 2.75) is 39.7 Å². The van der Waals surface area contributed by atoms with Gasteiger partial charge in [0.2, 0.25) is 5.91 Å². The number of oxime groups is 1. The summed E-state index contributed by atoms with van der Waals surface area (Å²) in [6.45, 7) is 6.92. The Morgan fingerprint density at radius 2 is 2.18 bits per heavy atom. The molecule has 0 rings (SSSR count). The molecule has 0 saturated carbocycles. The number of carbonyl (C=O) groups excluding carboxylic acids is 1. The minimum absolute atomic E-state index is 0.0261. The lowest BCUT2D eigenvalue weighted by atomic mass is 10.0. The molecule has 0 aromatic carbocycles. The molecular formula is C11H23N3O3. The Labute approximate surface area is 102 Å². The number of ether oxygens (including phenoxy) is 1. The number of nitrogens with two attached hydrogens (primary N) is 1. The zero-order chi connectivity index (χ0) is 13.3. The lowest BCUT2D eigenvalue weighted by Crippen LogP contribution is -2.47. The molecule has 1 atom stereocenters. The first kappa shape index (κ1) is 15.7. The molecule has 0 aliphatic carbocycles. The fourth-order valence-electron chi connectivity index (χ4n) is 1.37. The smallest absolute Gasteiger partial charge is 0.220 e. The summed E-state index contributed by atoms with van der Waals surface area (Å²) in [5.74, 6) is -0.0186. The van der Waals surface area contributed by atoms with Gasteiger partial charge in [-0.05, 0) is 19.3 Å². The summed E-state index contributed by atoms with van der Waals surface area (Å²) in [5, 5.41) is 14.3. The molecule has 0 saturated heterocycles. The van der Waals surface area contributed by atoms with Gasteiger partial charge in [0.1, 0.15) is 0 Å². The summed E-state index contributed by atoms with van der Waals surface area (Å²) in [7, 11) is 0. The van der Waals surface area contributed by atoms with Crippen LogP contribution >= 0.6 is 0 Å². The van der Waals surface area contributed by atoms with E-state index in [-0.39, 0.29) is 17.7 Å². The number of nitrogens with zero attached hydrogens (tertiary/aromatic N) is 1. The monoisotopic (exact) mass is 245 g/mol. The van der Waals surface area contributed by atoms with E-state index in [1.54, 1.807) is 0 Å². The maximum atomic E-state index is 11.6. The minimum atomic E-state index is -0.431. The highest BCUT2D eigenvalue weighted by atomic mass is 16.5. The Morgan fingerprint density at radius 3 is 2.65 bits per heavy atom. The molecule has 6 heteroatoms. The van der Waals surface area contributed by atoms with E-state index in [9.17, 15) is 4.79 Å². The first-order valence-corrected chi connectivity index (χ1v) is 5.87. The van der Waals surface area contributed by atoms with Gasteiger partial charge in [-0.2, -0.15) is 0 Å². The van der Waals surface area contributed by atoms with E-state index in [0.29, 0.717) is 26.1 Å². The quantitative estimate of drug-likeness (QED) is 0.193. The predicted octanol–water partition coefficient (Wildman–Crippen LogP) is 0.690. The zero-order valence-corrected chi connectivity index (χ0v) is 10.8. The van der Waals surface area contributed by atoms with Crippen LogP contribution in [0.4, 0.5) is 0 Å². The van der Waals surface area contributed by atoms with Crippen molar-refractivity contribution in [2.75, 3.05) is 13.2 Å². The zero-order valence-electron chi connectivity index (χ0n) is 10.8. The summed E-state index contributed by atoms with van der Waals surface area (Å²) in [6, 6.07) is -0.431. The topological polar surface area (TPSA) is 96.9 Å². The van der Waals surface area contributed by atoms with Crippen molar-refractivity contribution in [1.29, 1.82) is 0 Å². The molecule has 0 heterocycles. The average Bonchev–Trinajstić information content (AvgIpc) is 2.30. The van der Waals surface area contributed by atoms with Crippen LogP contribution in [0.3, 0.4) is 0 Å². The highest BCUT2D eigenvalue weighted by Gasteiger charge is 2.20. The Balaban J connectivity index is 4.05. The number of nitrogens with one attached hydrogen (secondary N) is 1. The van der Waals surface area contributed by atoms with Crippen LogP contribution in [-0.2, 0) is 9.53 Å². The van der Waals surface area contributed by atoms with Gasteiger partial charge in [0.25, 0.3) is 0 Å². The van der Waals surface area contributed by atoms with Crippen molar-refractivity contribution in [3.05, 3.63) is 0 Å². The van der Waals surface area contributed by atoms with Gasteiger partial charge in [-0.3, -0.25) is 4.79 Å². The third kappa shape index (κ3) is 6.78. The van der Waals surface area contributed by atoms with Gasteiger partial charge < -0.3 is 21.0 Å². The van der Waals surface area contributed by atoms with E-state index < -0.39 is 6.04 Å². The minimum Gasteiger partial charge on any atom is -0.409 e. The van der Waals surface area contributed by atoms with Crippen molar-refractivity contribution in [3.8, 4) is 0 Å². The van der Waals surface area contributed by atoms with Crippen molar-refractivity contribution in [1.82, 2.24) is 5.32 Å². The first-order valence-electron chi connectivity index (χ1n) is 5.87. The molecule has 0 aromatic rings. The van der Waals surface area contributed by atoms with Gasteiger partial charge in [-0.1, -0.05) is 19.0 Å². The van der Waals surface area contributed by atoms with Gasteiger partial charge in [0, 0.05) is 19.6 Å². The van der Waals surface area contributed by atoms with E-state index in [1.165, 1.54) is 0 Å². The molecule has 0 bridgehead atoms.